The van der Waals surface area contributed by atoms with Gasteiger partial charge in [-0.3, -0.25) is 0 Å². The van der Waals surface area contributed by atoms with E-state index in [4.69, 9.17) is 5.73 Å². The molecule has 1 aromatic heterocycles. The summed E-state index contributed by atoms with van der Waals surface area (Å²) in [7, 11) is 0. The third-order valence-electron chi connectivity index (χ3n) is 3.82. The lowest BCUT2D eigenvalue weighted by Crippen LogP contribution is -2.01. The van der Waals surface area contributed by atoms with E-state index in [1.807, 2.05) is 24.3 Å². The van der Waals surface area contributed by atoms with Gasteiger partial charge in [-0.2, -0.15) is 0 Å². The second-order valence-corrected chi connectivity index (χ2v) is 5.28. The van der Waals surface area contributed by atoms with Gasteiger partial charge in [0, 0.05) is 22.7 Å². The summed E-state index contributed by atoms with van der Waals surface area (Å²) >= 11 is 0. The highest BCUT2D eigenvalue weighted by Crippen LogP contribution is 2.24. The van der Waals surface area contributed by atoms with Gasteiger partial charge in [-0.05, 0) is 37.1 Å². The molecule has 2 N–H and O–H groups in total. The number of nitrogens with two attached hydrogens (primary N) is 1. The minimum atomic E-state index is -0.154. The first-order chi connectivity index (χ1) is 10.3. The second kappa shape index (κ2) is 6.10. The van der Waals surface area contributed by atoms with Gasteiger partial charge in [-0.15, -0.1) is 0 Å². The van der Waals surface area contributed by atoms with Crippen LogP contribution in [0.1, 0.15) is 17.5 Å². The molecule has 0 fully saturated rings. The average Bonchev–Trinajstić information content (AvgIpc) is 2.86. The number of aryl methyl sites for hydroxylation is 1. The number of hydrogen-bond acceptors (Lipinski definition) is 1. The summed E-state index contributed by atoms with van der Waals surface area (Å²) in [6, 6.07) is 15.2. The summed E-state index contributed by atoms with van der Waals surface area (Å²) in [5.41, 5.74) is 8.76. The van der Waals surface area contributed by atoms with Gasteiger partial charge < -0.3 is 10.3 Å². The number of benzene rings is 2. The van der Waals surface area contributed by atoms with Gasteiger partial charge in [0.15, 0.2) is 0 Å². The number of para-hydroxylation sites is 1. The molecule has 108 valence electrons. The normalized spacial score (nSPS) is 11.1. The average molecular weight is 282 g/mol. The Morgan fingerprint density at radius 2 is 1.71 bits per heavy atom. The number of fused-ring (bicyclic) bond motifs is 1. The standard InChI is InChI=1S/C18H19FN2/c19-17-9-3-1-6-15(17)13-21-12-14(7-5-11-20)16-8-2-4-10-18(16)21/h1-4,6,8-10,12H,5,7,11,13,20H2. The largest absolute Gasteiger partial charge is 0.343 e. The van der Waals surface area contributed by atoms with Crippen molar-refractivity contribution < 1.29 is 4.39 Å². The molecule has 0 radical (unpaired) electrons. The molecular weight excluding hydrogens is 263 g/mol. The van der Waals surface area contributed by atoms with Crippen molar-refractivity contribution in [3.8, 4) is 0 Å². The Kier molecular flexibility index (Phi) is 4.02. The second-order valence-electron chi connectivity index (χ2n) is 5.28. The Morgan fingerprint density at radius 1 is 0.952 bits per heavy atom. The lowest BCUT2D eigenvalue weighted by Gasteiger charge is -2.06. The molecule has 3 aromatic rings. The molecule has 1 heterocycles. The predicted molar refractivity (Wildman–Crippen MR) is 84.8 cm³/mol. The van der Waals surface area contributed by atoms with Crippen molar-refractivity contribution >= 4 is 10.9 Å². The fraction of sp³-hybridized carbons (Fsp3) is 0.222. The molecule has 0 aliphatic carbocycles. The maximum absolute atomic E-state index is 13.9. The fourth-order valence-electron chi connectivity index (χ4n) is 2.76. The highest BCUT2D eigenvalue weighted by Gasteiger charge is 2.09. The van der Waals surface area contributed by atoms with Gasteiger partial charge in [0.25, 0.3) is 0 Å². The van der Waals surface area contributed by atoms with E-state index in [0.29, 0.717) is 18.7 Å². The van der Waals surface area contributed by atoms with Gasteiger partial charge in [-0.1, -0.05) is 36.4 Å². The SMILES string of the molecule is NCCCc1cn(Cc2ccccc2F)c2ccccc12. The smallest absolute Gasteiger partial charge is 0.128 e. The van der Waals surface area contributed by atoms with Crippen LogP contribution in [0, 0.1) is 5.82 Å². The molecule has 3 heteroatoms. The molecule has 0 aliphatic rings. The number of hydrogen-bond donors (Lipinski definition) is 1. The molecule has 3 rings (SSSR count). The summed E-state index contributed by atoms with van der Waals surface area (Å²) in [6.45, 7) is 1.24. The molecule has 0 unspecified atom stereocenters. The van der Waals surface area contributed by atoms with Crippen LogP contribution in [0.5, 0.6) is 0 Å². The van der Waals surface area contributed by atoms with Crippen molar-refractivity contribution in [2.75, 3.05) is 6.54 Å². The fourth-order valence-corrected chi connectivity index (χ4v) is 2.76. The molecule has 2 nitrogen and oxygen atoms in total. The number of halogens is 1. The summed E-state index contributed by atoms with van der Waals surface area (Å²) in [4.78, 5) is 0. The summed E-state index contributed by atoms with van der Waals surface area (Å²) in [5, 5.41) is 1.24. The zero-order chi connectivity index (χ0) is 14.7. The van der Waals surface area contributed by atoms with E-state index in [2.05, 4.69) is 22.9 Å². The van der Waals surface area contributed by atoms with Crippen molar-refractivity contribution in [2.45, 2.75) is 19.4 Å². The molecule has 0 amide bonds. The maximum Gasteiger partial charge on any atom is 0.128 e. The van der Waals surface area contributed by atoms with E-state index in [-0.39, 0.29) is 5.82 Å². The van der Waals surface area contributed by atoms with Crippen LogP contribution in [0.2, 0.25) is 0 Å². The third-order valence-corrected chi connectivity index (χ3v) is 3.82. The topological polar surface area (TPSA) is 30.9 Å². The minimum absolute atomic E-state index is 0.154. The van der Waals surface area contributed by atoms with Crippen LogP contribution < -0.4 is 5.73 Å². The predicted octanol–water partition coefficient (Wildman–Crippen LogP) is 3.72. The number of aromatic nitrogens is 1. The monoisotopic (exact) mass is 282 g/mol. The van der Waals surface area contributed by atoms with E-state index in [1.165, 1.54) is 17.0 Å². The van der Waals surface area contributed by atoms with Crippen LogP contribution in [0.4, 0.5) is 4.39 Å². The Bertz CT molecular complexity index is 746. The van der Waals surface area contributed by atoms with Crippen molar-refractivity contribution in [1.29, 1.82) is 0 Å². The highest BCUT2D eigenvalue weighted by molar-refractivity contribution is 5.84. The summed E-state index contributed by atoms with van der Waals surface area (Å²) in [5.74, 6) is -0.154. The summed E-state index contributed by atoms with van der Waals surface area (Å²) < 4.78 is 16.0. The minimum Gasteiger partial charge on any atom is -0.343 e. The van der Waals surface area contributed by atoms with Crippen LogP contribution in [-0.4, -0.2) is 11.1 Å². The first-order valence-electron chi connectivity index (χ1n) is 7.30. The Labute approximate surface area is 124 Å². The molecule has 0 saturated heterocycles. The Hall–Kier alpha value is -2.13. The van der Waals surface area contributed by atoms with Crippen LogP contribution in [0.3, 0.4) is 0 Å². The van der Waals surface area contributed by atoms with Gasteiger partial charge in [0.05, 0.1) is 6.54 Å². The van der Waals surface area contributed by atoms with Crippen molar-refractivity contribution in [3.05, 3.63) is 71.7 Å². The van der Waals surface area contributed by atoms with E-state index in [1.54, 1.807) is 6.07 Å². The van der Waals surface area contributed by atoms with Gasteiger partial charge in [0.1, 0.15) is 5.82 Å². The van der Waals surface area contributed by atoms with E-state index < -0.39 is 0 Å². The van der Waals surface area contributed by atoms with Crippen molar-refractivity contribution in [1.82, 2.24) is 4.57 Å². The lowest BCUT2D eigenvalue weighted by atomic mass is 10.1. The van der Waals surface area contributed by atoms with Crippen LogP contribution in [-0.2, 0) is 13.0 Å². The molecule has 0 aliphatic heterocycles. The molecular formula is C18H19FN2. The van der Waals surface area contributed by atoms with Crippen molar-refractivity contribution in [2.24, 2.45) is 5.73 Å². The van der Waals surface area contributed by atoms with E-state index in [9.17, 15) is 4.39 Å². The van der Waals surface area contributed by atoms with Crippen LogP contribution >= 0.6 is 0 Å². The van der Waals surface area contributed by atoms with Crippen LogP contribution in [0.15, 0.2) is 54.7 Å². The summed E-state index contributed by atoms with van der Waals surface area (Å²) in [6.07, 6.45) is 4.06. The van der Waals surface area contributed by atoms with Gasteiger partial charge in [-0.25, -0.2) is 4.39 Å². The van der Waals surface area contributed by atoms with Gasteiger partial charge in [0.2, 0.25) is 0 Å². The Morgan fingerprint density at radius 3 is 2.52 bits per heavy atom. The lowest BCUT2D eigenvalue weighted by molar-refractivity contribution is 0.602. The van der Waals surface area contributed by atoms with Crippen molar-refractivity contribution in [3.63, 3.8) is 0 Å². The highest BCUT2D eigenvalue weighted by atomic mass is 19.1. The zero-order valence-corrected chi connectivity index (χ0v) is 11.9. The molecule has 0 atom stereocenters. The first kappa shape index (κ1) is 13.8. The molecule has 21 heavy (non-hydrogen) atoms. The third kappa shape index (κ3) is 2.83. The zero-order valence-electron chi connectivity index (χ0n) is 11.9. The maximum atomic E-state index is 13.9. The van der Waals surface area contributed by atoms with E-state index in [0.717, 1.165) is 18.4 Å². The van der Waals surface area contributed by atoms with Gasteiger partial charge >= 0.3 is 0 Å². The van der Waals surface area contributed by atoms with Crippen LogP contribution in [0.25, 0.3) is 10.9 Å². The molecule has 0 bridgehead atoms. The molecule has 0 spiro atoms. The number of nitrogens with zero attached hydrogens (tertiary/aromatic N) is 1. The molecule has 2 aromatic carbocycles. The quantitative estimate of drug-likeness (QED) is 0.759. The molecule has 0 saturated carbocycles. The Balaban J connectivity index is 2.00. The number of rotatable bonds is 5. The first-order valence-corrected chi connectivity index (χ1v) is 7.30. The van der Waals surface area contributed by atoms with E-state index >= 15 is 0 Å².